The van der Waals surface area contributed by atoms with Gasteiger partial charge in [0.25, 0.3) is 0 Å². The van der Waals surface area contributed by atoms with Crippen molar-refractivity contribution >= 4 is 17.2 Å². The van der Waals surface area contributed by atoms with Crippen LogP contribution in [0.4, 0.5) is 0 Å². The maximum absolute atomic E-state index is 7.20. The van der Waals surface area contributed by atoms with Crippen molar-refractivity contribution in [2.45, 2.75) is 108 Å². The third kappa shape index (κ3) is 10.8. The topological polar surface area (TPSA) is 55.4 Å². The molecule has 0 saturated carbocycles. The van der Waals surface area contributed by atoms with E-state index in [2.05, 4.69) is 53.7 Å². The molecule has 0 unspecified atom stereocenters. The van der Waals surface area contributed by atoms with Gasteiger partial charge in [0.1, 0.15) is 34.5 Å². The van der Waals surface area contributed by atoms with Gasteiger partial charge in [-0.2, -0.15) is 0 Å². The van der Waals surface area contributed by atoms with Gasteiger partial charge in [-0.3, -0.25) is 0 Å². The lowest BCUT2D eigenvalue weighted by Gasteiger charge is -2.28. The van der Waals surface area contributed by atoms with Crippen LogP contribution in [0.5, 0.6) is 34.5 Å². The van der Waals surface area contributed by atoms with Crippen LogP contribution in [0.1, 0.15) is 95.2 Å². The molecule has 0 amide bonds. The van der Waals surface area contributed by atoms with Gasteiger partial charge < -0.3 is 27.1 Å². The van der Waals surface area contributed by atoms with Gasteiger partial charge >= 0.3 is 17.2 Å². The van der Waals surface area contributed by atoms with Gasteiger partial charge in [-0.15, -0.1) is 0 Å². The molecule has 0 fully saturated rings. The quantitative estimate of drug-likeness (QED) is 0.0757. The highest BCUT2D eigenvalue weighted by molar-refractivity contribution is 7.43. The highest BCUT2D eigenvalue weighted by atomic mass is 31.2. The van der Waals surface area contributed by atoms with Crippen LogP contribution in [0.3, 0.4) is 0 Å². The molecule has 6 aromatic carbocycles. The summed E-state index contributed by atoms with van der Waals surface area (Å²) < 4.78 is 41.3. The summed E-state index contributed by atoms with van der Waals surface area (Å²) in [4.78, 5) is 0. The van der Waals surface area contributed by atoms with Crippen LogP contribution in [0.25, 0.3) is 11.1 Å². The molecule has 0 bridgehead atoms. The molecule has 6 aromatic rings. The first-order valence-electron chi connectivity index (χ1n) is 21.2. The number of hydrogen-bond donors (Lipinski definition) is 0. The first kappa shape index (κ1) is 44.5. The average Bonchev–Trinajstić information content (AvgIpc) is 3.23. The molecule has 0 N–H and O–H groups in total. The number of benzene rings is 6. The summed E-state index contributed by atoms with van der Waals surface area (Å²) in [5.41, 5.74) is 12.7. The highest BCUT2D eigenvalue weighted by Crippen LogP contribution is 2.54. The molecule has 0 aliphatic carbocycles. The maximum Gasteiger partial charge on any atom is 0.530 e. The predicted molar refractivity (Wildman–Crippen MR) is 250 cm³/mol. The number of para-hydroxylation sites is 4. The largest absolute Gasteiger partial charge is 0.530 e. The lowest BCUT2D eigenvalue weighted by atomic mass is 9.85. The Bertz CT molecular complexity index is 2130. The van der Waals surface area contributed by atoms with Crippen molar-refractivity contribution < 1.29 is 27.1 Å². The molecule has 0 heterocycles. The van der Waals surface area contributed by atoms with E-state index in [4.69, 9.17) is 27.1 Å². The Morgan fingerprint density at radius 3 is 0.917 bits per heavy atom. The molecule has 0 aromatic heterocycles. The van der Waals surface area contributed by atoms with Crippen LogP contribution in [0.15, 0.2) is 109 Å². The van der Waals surface area contributed by atoms with Crippen LogP contribution in [-0.4, -0.2) is 0 Å². The van der Waals surface area contributed by atoms with E-state index >= 15 is 0 Å². The molecule has 0 aliphatic heterocycles. The minimum absolute atomic E-state index is 0.699. The molecule has 6 rings (SSSR count). The minimum Gasteiger partial charge on any atom is -0.408 e. The van der Waals surface area contributed by atoms with Crippen molar-refractivity contribution in [3.63, 3.8) is 0 Å². The SMILES string of the molecule is CCCCc1cc(C)c(OP(Oc2ccccc2C)Oc2ccccc2C)c(-c2c(C)c(CCCC)cc(C)c2OP(Oc2ccccc2C)Oc2ccccc2C)c1C. The zero-order valence-electron chi connectivity index (χ0n) is 37.0. The Kier molecular flexibility index (Phi) is 15.6. The maximum atomic E-state index is 7.20. The molecular formula is C52H60O6P2. The first-order valence-corrected chi connectivity index (χ1v) is 23.3. The van der Waals surface area contributed by atoms with E-state index in [1.165, 1.54) is 11.1 Å². The monoisotopic (exact) mass is 842 g/mol. The zero-order valence-corrected chi connectivity index (χ0v) is 38.8. The van der Waals surface area contributed by atoms with Crippen molar-refractivity contribution in [1.82, 2.24) is 0 Å². The summed E-state index contributed by atoms with van der Waals surface area (Å²) in [7, 11) is -4.00. The van der Waals surface area contributed by atoms with E-state index in [0.29, 0.717) is 34.5 Å². The summed E-state index contributed by atoms with van der Waals surface area (Å²) in [5.74, 6) is 4.22. The number of aryl methyl sites for hydroxylation is 8. The van der Waals surface area contributed by atoms with Gasteiger partial charge in [-0.1, -0.05) is 112 Å². The zero-order chi connectivity index (χ0) is 42.8. The molecule has 0 saturated heterocycles. The predicted octanol–water partition coefficient (Wildman–Crippen LogP) is 16.0. The van der Waals surface area contributed by atoms with Crippen molar-refractivity contribution in [2.24, 2.45) is 0 Å². The van der Waals surface area contributed by atoms with Crippen LogP contribution >= 0.6 is 17.2 Å². The summed E-state index contributed by atoms with van der Waals surface area (Å²) in [5, 5.41) is 0. The fraction of sp³-hybridized carbons (Fsp3) is 0.308. The first-order chi connectivity index (χ1) is 29.0. The van der Waals surface area contributed by atoms with Crippen molar-refractivity contribution in [3.8, 4) is 45.6 Å². The van der Waals surface area contributed by atoms with E-state index in [1.807, 2.05) is 125 Å². The standard InChI is InChI=1S/C52H60O6P2/c1-11-13-27-43-33-39(7)51(57-59(53-45-29-19-15-23-35(45)3)54-46-30-20-16-24-36(46)4)49(41(43)9)50-42(10)44(28-14-12-2)34-40(8)52(50)58-60(55-47-31-21-17-25-37(47)5)56-48-32-22-18-26-38(48)6/h15-26,29-34H,11-14,27-28H2,1-10H3. The van der Waals surface area contributed by atoms with E-state index in [0.717, 1.165) is 94.2 Å². The second-order valence-corrected chi connectivity index (χ2v) is 17.6. The molecular weight excluding hydrogens is 783 g/mol. The Morgan fingerprint density at radius 1 is 0.367 bits per heavy atom. The second-order valence-electron chi connectivity index (χ2n) is 15.6. The normalized spacial score (nSPS) is 11.2. The van der Waals surface area contributed by atoms with Gasteiger partial charge in [0, 0.05) is 11.1 Å². The highest BCUT2D eigenvalue weighted by Gasteiger charge is 2.32. The Morgan fingerprint density at radius 2 is 0.650 bits per heavy atom. The van der Waals surface area contributed by atoms with Crippen LogP contribution in [0, 0.1) is 55.4 Å². The number of rotatable bonds is 19. The van der Waals surface area contributed by atoms with Crippen molar-refractivity contribution in [2.75, 3.05) is 0 Å². The lowest BCUT2D eigenvalue weighted by Crippen LogP contribution is -2.10. The van der Waals surface area contributed by atoms with E-state index in [1.54, 1.807) is 0 Å². The van der Waals surface area contributed by atoms with E-state index < -0.39 is 17.2 Å². The molecule has 314 valence electrons. The van der Waals surface area contributed by atoms with Crippen molar-refractivity contribution in [3.05, 3.63) is 165 Å². The van der Waals surface area contributed by atoms with Gasteiger partial charge in [0.2, 0.25) is 0 Å². The molecule has 0 atom stereocenters. The molecule has 0 radical (unpaired) electrons. The third-order valence-corrected chi connectivity index (χ3v) is 13.0. The van der Waals surface area contributed by atoms with Gasteiger partial charge in [-0.05, 0) is 161 Å². The molecule has 60 heavy (non-hydrogen) atoms. The molecule has 8 heteroatoms. The van der Waals surface area contributed by atoms with Gasteiger partial charge in [0.05, 0.1) is 0 Å². The van der Waals surface area contributed by atoms with E-state index in [9.17, 15) is 0 Å². The summed E-state index contributed by atoms with van der Waals surface area (Å²) in [6.45, 7) is 21.3. The van der Waals surface area contributed by atoms with Crippen LogP contribution in [0.2, 0.25) is 0 Å². The summed E-state index contributed by atoms with van der Waals surface area (Å²) in [6.07, 6.45) is 6.18. The van der Waals surface area contributed by atoms with Crippen LogP contribution < -0.4 is 27.1 Å². The second kappa shape index (κ2) is 21.0. The van der Waals surface area contributed by atoms with Gasteiger partial charge in [-0.25, -0.2) is 0 Å². The summed E-state index contributed by atoms with van der Waals surface area (Å²) >= 11 is 0. The van der Waals surface area contributed by atoms with Crippen LogP contribution in [-0.2, 0) is 12.8 Å². The van der Waals surface area contributed by atoms with E-state index in [-0.39, 0.29) is 0 Å². The molecule has 6 nitrogen and oxygen atoms in total. The lowest BCUT2D eigenvalue weighted by molar-refractivity contribution is 0.382. The Hall–Kier alpha value is -5.02. The third-order valence-electron chi connectivity index (χ3n) is 10.9. The fourth-order valence-electron chi connectivity index (χ4n) is 7.23. The number of hydrogen-bond acceptors (Lipinski definition) is 6. The number of unbranched alkanes of at least 4 members (excludes halogenated alkanes) is 2. The molecule has 0 aliphatic rings. The molecule has 0 spiro atoms. The van der Waals surface area contributed by atoms with Crippen molar-refractivity contribution in [1.29, 1.82) is 0 Å². The smallest absolute Gasteiger partial charge is 0.408 e. The minimum atomic E-state index is -2.00. The summed E-state index contributed by atoms with van der Waals surface area (Å²) in [6, 6.07) is 36.5. The Labute approximate surface area is 361 Å². The fourth-order valence-corrected chi connectivity index (χ4v) is 9.69. The Balaban J connectivity index is 1.58. The average molecular weight is 843 g/mol. The van der Waals surface area contributed by atoms with Gasteiger partial charge in [0.15, 0.2) is 0 Å².